The molecule has 2 aromatic carbocycles. The van der Waals surface area contributed by atoms with E-state index in [4.69, 9.17) is 0 Å². The van der Waals surface area contributed by atoms with Gasteiger partial charge in [0.15, 0.2) is 5.78 Å². The third kappa shape index (κ3) is 3.94. The van der Waals surface area contributed by atoms with Crippen molar-refractivity contribution in [2.75, 3.05) is 0 Å². The van der Waals surface area contributed by atoms with Crippen LogP contribution in [0.4, 0.5) is 0 Å². The van der Waals surface area contributed by atoms with E-state index in [9.17, 15) is 4.79 Å². The number of hydrogen-bond acceptors (Lipinski definition) is 1. The Labute approximate surface area is 133 Å². The molecular formula is C21H24O. The Hall–Kier alpha value is -2.15. The van der Waals surface area contributed by atoms with Crippen molar-refractivity contribution in [3.63, 3.8) is 0 Å². The number of benzene rings is 2. The summed E-state index contributed by atoms with van der Waals surface area (Å²) in [6, 6.07) is 14.4. The first-order valence-corrected chi connectivity index (χ1v) is 7.67. The largest absolute Gasteiger partial charge is 0.289 e. The van der Waals surface area contributed by atoms with E-state index in [1.54, 1.807) is 6.08 Å². The lowest BCUT2D eigenvalue weighted by atomic mass is 9.87. The fraction of sp³-hybridized carbons (Fsp3) is 0.286. The Balaban J connectivity index is 2.18. The molecule has 0 aliphatic carbocycles. The summed E-state index contributed by atoms with van der Waals surface area (Å²) >= 11 is 0. The highest BCUT2D eigenvalue weighted by Gasteiger charge is 2.12. The number of rotatable bonds is 3. The van der Waals surface area contributed by atoms with Gasteiger partial charge < -0.3 is 0 Å². The number of carbonyl (C=O) groups excluding carboxylic acids is 1. The molecule has 0 N–H and O–H groups in total. The molecule has 0 amide bonds. The Bertz CT molecular complexity index is 698. The Morgan fingerprint density at radius 1 is 0.955 bits per heavy atom. The number of ketones is 1. The lowest BCUT2D eigenvalue weighted by Crippen LogP contribution is -2.10. The van der Waals surface area contributed by atoms with Crippen LogP contribution in [0.25, 0.3) is 6.08 Å². The van der Waals surface area contributed by atoms with Crippen LogP contribution in [-0.2, 0) is 5.41 Å². The molecule has 1 nitrogen and oxygen atoms in total. The van der Waals surface area contributed by atoms with E-state index >= 15 is 0 Å². The van der Waals surface area contributed by atoms with E-state index in [0.717, 1.165) is 22.3 Å². The number of aryl methyl sites for hydroxylation is 2. The van der Waals surface area contributed by atoms with Crippen LogP contribution < -0.4 is 0 Å². The molecule has 0 aromatic heterocycles. The lowest BCUT2D eigenvalue weighted by Gasteiger charge is -2.18. The van der Waals surface area contributed by atoms with E-state index in [1.807, 2.05) is 38.1 Å². The standard InChI is InChI=1S/C21H24O/c1-15-6-7-16(2)19(14-15)20(22)13-10-17-8-11-18(12-9-17)21(3,4)5/h6-14H,1-5H3/b13-10+. The summed E-state index contributed by atoms with van der Waals surface area (Å²) in [5.41, 5.74) is 5.40. The molecule has 0 unspecified atom stereocenters. The van der Waals surface area contributed by atoms with Gasteiger partial charge >= 0.3 is 0 Å². The molecule has 0 radical (unpaired) electrons. The minimum Gasteiger partial charge on any atom is -0.289 e. The van der Waals surface area contributed by atoms with E-state index < -0.39 is 0 Å². The quantitative estimate of drug-likeness (QED) is 0.539. The van der Waals surface area contributed by atoms with Crippen molar-refractivity contribution >= 4 is 11.9 Å². The zero-order valence-electron chi connectivity index (χ0n) is 14.1. The van der Waals surface area contributed by atoms with Gasteiger partial charge in [-0.25, -0.2) is 0 Å². The molecule has 0 bridgehead atoms. The molecule has 0 saturated heterocycles. The maximum absolute atomic E-state index is 12.3. The monoisotopic (exact) mass is 292 g/mol. The van der Waals surface area contributed by atoms with Gasteiger partial charge in [0.25, 0.3) is 0 Å². The number of carbonyl (C=O) groups is 1. The maximum atomic E-state index is 12.3. The van der Waals surface area contributed by atoms with Crippen molar-refractivity contribution in [2.24, 2.45) is 0 Å². The van der Waals surface area contributed by atoms with Gasteiger partial charge in [-0.2, -0.15) is 0 Å². The summed E-state index contributed by atoms with van der Waals surface area (Å²) in [5.74, 6) is 0.0566. The summed E-state index contributed by atoms with van der Waals surface area (Å²) in [6.45, 7) is 10.6. The molecule has 2 rings (SSSR count). The van der Waals surface area contributed by atoms with Gasteiger partial charge in [-0.3, -0.25) is 4.79 Å². The number of hydrogen-bond donors (Lipinski definition) is 0. The summed E-state index contributed by atoms with van der Waals surface area (Å²) in [4.78, 5) is 12.3. The molecule has 0 fully saturated rings. The van der Waals surface area contributed by atoms with Crippen molar-refractivity contribution in [2.45, 2.75) is 40.0 Å². The molecule has 0 atom stereocenters. The van der Waals surface area contributed by atoms with E-state index in [1.165, 1.54) is 5.56 Å². The fourth-order valence-electron chi connectivity index (χ4n) is 2.36. The molecular weight excluding hydrogens is 268 g/mol. The summed E-state index contributed by atoms with van der Waals surface area (Å²) < 4.78 is 0. The average molecular weight is 292 g/mol. The summed E-state index contributed by atoms with van der Waals surface area (Å²) in [7, 11) is 0. The van der Waals surface area contributed by atoms with Gasteiger partial charge in [0, 0.05) is 5.56 Å². The van der Waals surface area contributed by atoms with Crippen LogP contribution in [0.2, 0.25) is 0 Å². The summed E-state index contributed by atoms with van der Waals surface area (Å²) in [5, 5.41) is 0. The molecule has 0 spiro atoms. The molecule has 0 aliphatic rings. The van der Waals surface area contributed by atoms with Crippen LogP contribution in [0.15, 0.2) is 48.5 Å². The van der Waals surface area contributed by atoms with E-state index in [0.29, 0.717) is 0 Å². The predicted molar refractivity (Wildman–Crippen MR) is 94.4 cm³/mol. The van der Waals surface area contributed by atoms with Crippen molar-refractivity contribution < 1.29 is 4.79 Å². The van der Waals surface area contributed by atoms with Crippen LogP contribution in [0.5, 0.6) is 0 Å². The Morgan fingerprint density at radius 3 is 2.18 bits per heavy atom. The first-order chi connectivity index (χ1) is 10.3. The lowest BCUT2D eigenvalue weighted by molar-refractivity contribution is 0.104. The molecule has 22 heavy (non-hydrogen) atoms. The first-order valence-electron chi connectivity index (χ1n) is 7.67. The molecule has 1 heteroatoms. The highest BCUT2D eigenvalue weighted by atomic mass is 16.1. The average Bonchev–Trinajstić information content (AvgIpc) is 2.47. The number of allylic oxidation sites excluding steroid dienone is 1. The highest BCUT2D eigenvalue weighted by molar-refractivity contribution is 6.07. The minimum atomic E-state index is 0.0566. The second-order valence-electron chi connectivity index (χ2n) is 6.89. The smallest absolute Gasteiger partial charge is 0.186 e. The molecule has 0 heterocycles. The predicted octanol–water partition coefficient (Wildman–Crippen LogP) is 5.50. The highest BCUT2D eigenvalue weighted by Crippen LogP contribution is 2.22. The molecule has 114 valence electrons. The SMILES string of the molecule is Cc1ccc(C)c(C(=O)/C=C/c2ccc(C(C)(C)C)cc2)c1. The van der Waals surface area contributed by atoms with Crippen LogP contribution in [0, 0.1) is 13.8 Å². The van der Waals surface area contributed by atoms with Gasteiger partial charge in [-0.05, 0) is 48.1 Å². The molecule has 0 aliphatic heterocycles. The normalized spacial score (nSPS) is 11.9. The van der Waals surface area contributed by atoms with Crippen LogP contribution in [0.1, 0.15) is 53.4 Å². The van der Waals surface area contributed by atoms with Gasteiger partial charge in [-0.1, -0.05) is 68.8 Å². The molecule has 0 saturated carbocycles. The fourth-order valence-corrected chi connectivity index (χ4v) is 2.36. The van der Waals surface area contributed by atoms with Crippen LogP contribution in [0.3, 0.4) is 0 Å². The third-order valence-corrected chi connectivity index (χ3v) is 3.86. The van der Waals surface area contributed by atoms with Crippen LogP contribution >= 0.6 is 0 Å². The van der Waals surface area contributed by atoms with Gasteiger partial charge in [0.05, 0.1) is 0 Å². The minimum absolute atomic E-state index is 0.0566. The Kier molecular flexibility index (Phi) is 4.65. The molecule has 2 aromatic rings. The second kappa shape index (κ2) is 6.31. The van der Waals surface area contributed by atoms with Gasteiger partial charge in [0.2, 0.25) is 0 Å². The van der Waals surface area contributed by atoms with Crippen molar-refractivity contribution in [3.05, 3.63) is 76.4 Å². The maximum Gasteiger partial charge on any atom is 0.186 e. The van der Waals surface area contributed by atoms with Gasteiger partial charge in [-0.15, -0.1) is 0 Å². The van der Waals surface area contributed by atoms with E-state index in [2.05, 4.69) is 45.0 Å². The first kappa shape index (κ1) is 16.2. The zero-order chi connectivity index (χ0) is 16.3. The summed E-state index contributed by atoms with van der Waals surface area (Å²) in [6.07, 6.45) is 3.55. The third-order valence-electron chi connectivity index (χ3n) is 3.86. The second-order valence-corrected chi connectivity index (χ2v) is 6.89. The van der Waals surface area contributed by atoms with Crippen LogP contribution in [-0.4, -0.2) is 5.78 Å². The van der Waals surface area contributed by atoms with E-state index in [-0.39, 0.29) is 11.2 Å². The van der Waals surface area contributed by atoms with Crippen molar-refractivity contribution in [1.29, 1.82) is 0 Å². The van der Waals surface area contributed by atoms with Crippen molar-refractivity contribution in [1.82, 2.24) is 0 Å². The zero-order valence-corrected chi connectivity index (χ0v) is 14.1. The van der Waals surface area contributed by atoms with Crippen molar-refractivity contribution in [3.8, 4) is 0 Å². The van der Waals surface area contributed by atoms with Gasteiger partial charge in [0.1, 0.15) is 0 Å². The topological polar surface area (TPSA) is 17.1 Å². The Morgan fingerprint density at radius 2 is 1.59 bits per heavy atom.